The Morgan fingerprint density at radius 3 is 2.89 bits per heavy atom. The molecule has 0 unspecified atom stereocenters. The number of thiophene rings is 1. The van der Waals surface area contributed by atoms with Gasteiger partial charge in [0.15, 0.2) is 0 Å². The highest BCUT2D eigenvalue weighted by Gasteiger charge is 2.08. The Morgan fingerprint density at radius 1 is 1.21 bits per heavy atom. The lowest BCUT2D eigenvalue weighted by Gasteiger charge is -2.02. The first-order valence-electron chi connectivity index (χ1n) is 5.99. The van der Waals surface area contributed by atoms with Crippen LogP contribution in [0.5, 0.6) is 0 Å². The van der Waals surface area contributed by atoms with Gasteiger partial charge < -0.3 is 4.42 Å². The summed E-state index contributed by atoms with van der Waals surface area (Å²) >= 11 is 3.43. The average Bonchev–Trinajstić information content (AvgIpc) is 3.09. The fourth-order valence-corrected chi connectivity index (χ4v) is 3.32. The van der Waals surface area contributed by atoms with Crippen LogP contribution >= 0.6 is 23.1 Å². The van der Waals surface area contributed by atoms with Gasteiger partial charge >= 0.3 is 0 Å². The molecule has 3 aromatic rings. The molecule has 0 aliphatic rings. The number of hydrogen-bond donors (Lipinski definition) is 0. The fraction of sp³-hybridized carbons (Fsp3) is 0.133. The largest absolute Gasteiger partial charge is 0.444 e. The van der Waals surface area contributed by atoms with Crippen LogP contribution in [0.4, 0.5) is 0 Å². The zero-order chi connectivity index (χ0) is 13.1. The Hall–Kier alpha value is -1.52. The van der Waals surface area contributed by atoms with Gasteiger partial charge in [0.2, 0.25) is 5.89 Å². The van der Waals surface area contributed by atoms with Gasteiger partial charge in [-0.25, -0.2) is 4.98 Å². The average molecular weight is 287 g/mol. The van der Waals surface area contributed by atoms with E-state index in [1.807, 2.05) is 17.5 Å². The van der Waals surface area contributed by atoms with Crippen molar-refractivity contribution in [3.8, 4) is 10.8 Å². The van der Waals surface area contributed by atoms with Crippen LogP contribution in [0.2, 0.25) is 0 Å². The Kier molecular flexibility index (Phi) is 3.71. The minimum atomic E-state index is 0.718. The molecule has 96 valence electrons. The van der Waals surface area contributed by atoms with Gasteiger partial charge in [-0.3, -0.25) is 0 Å². The molecule has 0 amide bonds. The molecule has 0 atom stereocenters. The molecular weight excluding hydrogens is 274 g/mol. The van der Waals surface area contributed by atoms with E-state index in [1.54, 1.807) is 29.4 Å². The molecule has 0 aliphatic carbocycles. The van der Waals surface area contributed by atoms with Crippen molar-refractivity contribution >= 4 is 23.1 Å². The maximum atomic E-state index is 5.51. The van der Waals surface area contributed by atoms with E-state index in [9.17, 15) is 0 Å². The van der Waals surface area contributed by atoms with E-state index in [-0.39, 0.29) is 0 Å². The lowest BCUT2D eigenvalue weighted by molar-refractivity contribution is 0.575. The molecule has 0 saturated carbocycles. The molecule has 0 fully saturated rings. The summed E-state index contributed by atoms with van der Waals surface area (Å²) in [5.74, 6) is 1.55. The molecule has 0 N–H and O–H groups in total. The van der Waals surface area contributed by atoms with E-state index >= 15 is 0 Å². The molecule has 2 aromatic heterocycles. The maximum Gasteiger partial charge on any atom is 0.236 e. The zero-order valence-electron chi connectivity index (χ0n) is 10.5. The van der Waals surface area contributed by atoms with Gasteiger partial charge in [0.25, 0.3) is 0 Å². The lowest BCUT2D eigenvalue weighted by Crippen LogP contribution is -1.83. The number of rotatable bonds is 4. The minimum absolute atomic E-state index is 0.718. The smallest absolute Gasteiger partial charge is 0.236 e. The molecule has 0 aliphatic heterocycles. The van der Waals surface area contributed by atoms with Crippen molar-refractivity contribution in [3.63, 3.8) is 0 Å². The SMILES string of the molecule is Cc1ccccc1SCc1coc(-c2cccs2)n1. The predicted molar refractivity (Wildman–Crippen MR) is 80.6 cm³/mol. The van der Waals surface area contributed by atoms with E-state index in [4.69, 9.17) is 4.42 Å². The van der Waals surface area contributed by atoms with Crippen molar-refractivity contribution < 1.29 is 4.42 Å². The van der Waals surface area contributed by atoms with Gasteiger partial charge in [-0.1, -0.05) is 24.3 Å². The lowest BCUT2D eigenvalue weighted by atomic mass is 10.2. The Morgan fingerprint density at radius 2 is 2.11 bits per heavy atom. The second-order valence-corrected chi connectivity index (χ2v) is 6.14. The topological polar surface area (TPSA) is 26.0 Å². The highest BCUT2D eigenvalue weighted by Crippen LogP contribution is 2.28. The third-order valence-corrected chi connectivity index (χ3v) is 4.82. The zero-order valence-corrected chi connectivity index (χ0v) is 12.1. The van der Waals surface area contributed by atoms with E-state index in [1.165, 1.54) is 10.5 Å². The van der Waals surface area contributed by atoms with Crippen molar-refractivity contribution in [1.29, 1.82) is 0 Å². The first-order valence-corrected chi connectivity index (χ1v) is 7.86. The van der Waals surface area contributed by atoms with Crippen LogP contribution in [0.1, 0.15) is 11.3 Å². The van der Waals surface area contributed by atoms with Gasteiger partial charge in [-0.15, -0.1) is 23.1 Å². The number of nitrogens with zero attached hydrogens (tertiary/aromatic N) is 1. The van der Waals surface area contributed by atoms with Gasteiger partial charge in [0.05, 0.1) is 10.6 Å². The van der Waals surface area contributed by atoms with Crippen molar-refractivity contribution in [2.45, 2.75) is 17.6 Å². The van der Waals surface area contributed by atoms with Crippen LogP contribution in [0.15, 0.2) is 57.4 Å². The third kappa shape index (κ3) is 2.91. The number of thioether (sulfide) groups is 1. The summed E-state index contributed by atoms with van der Waals surface area (Å²) < 4.78 is 5.51. The van der Waals surface area contributed by atoms with Crippen LogP contribution in [0, 0.1) is 6.92 Å². The summed E-state index contributed by atoms with van der Waals surface area (Å²) in [6.07, 6.45) is 1.75. The van der Waals surface area contributed by atoms with Gasteiger partial charge in [0, 0.05) is 10.6 Å². The van der Waals surface area contributed by atoms with Crippen molar-refractivity contribution in [2.24, 2.45) is 0 Å². The molecular formula is C15H13NOS2. The predicted octanol–water partition coefficient (Wildman–Crippen LogP) is 5.00. The number of benzene rings is 1. The summed E-state index contributed by atoms with van der Waals surface area (Å²) in [4.78, 5) is 6.89. The van der Waals surface area contributed by atoms with E-state index in [0.29, 0.717) is 0 Å². The molecule has 0 saturated heterocycles. The van der Waals surface area contributed by atoms with Crippen LogP contribution in [-0.4, -0.2) is 4.98 Å². The second-order valence-electron chi connectivity index (χ2n) is 4.18. The summed E-state index contributed by atoms with van der Waals surface area (Å²) in [6, 6.07) is 12.4. The Labute approximate surface area is 120 Å². The molecule has 0 bridgehead atoms. The summed E-state index contributed by atoms with van der Waals surface area (Å²) in [6.45, 7) is 2.13. The van der Waals surface area contributed by atoms with Crippen LogP contribution < -0.4 is 0 Å². The van der Waals surface area contributed by atoms with Crippen molar-refractivity contribution in [3.05, 3.63) is 59.3 Å². The third-order valence-electron chi connectivity index (χ3n) is 2.75. The van der Waals surface area contributed by atoms with Crippen molar-refractivity contribution in [2.75, 3.05) is 0 Å². The highest BCUT2D eigenvalue weighted by atomic mass is 32.2. The molecule has 4 heteroatoms. The molecule has 0 radical (unpaired) electrons. The number of hydrogen-bond acceptors (Lipinski definition) is 4. The quantitative estimate of drug-likeness (QED) is 0.631. The number of aryl methyl sites for hydroxylation is 1. The monoisotopic (exact) mass is 287 g/mol. The van der Waals surface area contributed by atoms with Crippen LogP contribution in [0.25, 0.3) is 10.8 Å². The maximum absolute atomic E-state index is 5.51. The van der Waals surface area contributed by atoms with Gasteiger partial charge in [-0.2, -0.15) is 0 Å². The minimum Gasteiger partial charge on any atom is -0.444 e. The summed E-state index contributed by atoms with van der Waals surface area (Å²) in [5, 5.41) is 2.03. The number of oxazole rings is 1. The molecule has 1 aromatic carbocycles. The molecule has 19 heavy (non-hydrogen) atoms. The normalized spacial score (nSPS) is 10.8. The highest BCUT2D eigenvalue weighted by molar-refractivity contribution is 7.98. The molecule has 3 rings (SSSR count). The van der Waals surface area contributed by atoms with Crippen molar-refractivity contribution in [1.82, 2.24) is 4.98 Å². The summed E-state index contributed by atoms with van der Waals surface area (Å²) in [7, 11) is 0. The van der Waals surface area contributed by atoms with Crippen LogP contribution in [0.3, 0.4) is 0 Å². The molecule has 2 nitrogen and oxygen atoms in total. The Balaban J connectivity index is 1.70. The van der Waals surface area contributed by atoms with E-state index < -0.39 is 0 Å². The first-order chi connectivity index (χ1) is 9.33. The second kappa shape index (κ2) is 5.63. The fourth-order valence-electron chi connectivity index (χ4n) is 1.76. The number of aromatic nitrogens is 1. The molecule has 0 spiro atoms. The first kappa shape index (κ1) is 12.5. The van der Waals surface area contributed by atoms with Gasteiger partial charge in [0.1, 0.15) is 6.26 Å². The van der Waals surface area contributed by atoms with Gasteiger partial charge in [-0.05, 0) is 30.0 Å². The molecule has 2 heterocycles. The van der Waals surface area contributed by atoms with E-state index in [0.717, 1.165) is 22.2 Å². The Bertz CT molecular complexity index is 658. The standard InChI is InChI=1S/C15H13NOS2/c1-11-5-2-3-6-13(11)19-10-12-9-17-15(16-12)14-7-4-8-18-14/h2-9H,10H2,1H3. The van der Waals surface area contributed by atoms with Crippen LogP contribution in [-0.2, 0) is 5.75 Å². The van der Waals surface area contributed by atoms with E-state index in [2.05, 4.69) is 36.2 Å². The summed E-state index contributed by atoms with van der Waals surface area (Å²) in [5.41, 5.74) is 2.28.